The van der Waals surface area contributed by atoms with E-state index in [0.717, 1.165) is 5.56 Å². The molecule has 2 aromatic carbocycles. The molecule has 5 heteroatoms. The monoisotopic (exact) mass is 344 g/mol. The number of aliphatic imine (C=N–C) groups is 1. The van der Waals surface area contributed by atoms with Crippen molar-refractivity contribution in [2.45, 2.75) is 4.83 Å². The van der Waals surface area contributed by atoms with Crippen LogP contribution in [0.25, 0.3) is 0 Å². The van der Waals surface area contributed by atoms with Gasteiger partial charge in [0.25, 0.3) is 0 Å². The summed E-state index contributed by atoms with van der Waals surface area (Å²) in [7, 11) is 1.59. The smallest absolute Gasteiger partial charge is 0.244 e. The molecule has 1 amide bonds. The van der Waals surface area contributed by atoms with Gasteiger partial charge in [-0.25, -0.2) is 4.99 Å². The summed E-state index contributed by atoms with van der Waals surface area (Å²) in [5, 5.41) is 2.87. The molecule has 3 rings (SSSR count). The highest BCUT2D eigenvalue weighted by molar-refractivity contribution is 9.10. The van der Waals surface area contributed by atoms with E-state index in [2.05, 4.69) is 26.2 Å². The largest absolute Gasteiger partial charge is 0.497 e. The van der Waals surface area contributed by atoms with E-state index in [9.17, 15) is 4.79 Å². The molecule has 21 heavy (non-hydrogen) atoms. The number of nitrogens with one attached hydrogen (secondary N) is 1. The summed E-state index contributed by atoms with van der Waals surface area (Å²) < 4.78 is 5.18. The van der Waals surface area contributed by atoms with Gasteiger partial charge in [-0.3, -0.25) is 4.79 Å². The lowest BCUT2D eigenvalue weighted by molar-refractivity contribution is -0.114. The summed E-state index contributed by atoms with van der Waals surface area (Å²) in [4.78, 5) is 16.4. The second-order valence-electron chi connectivity index (χ2n) is 4.60. The molecule has 1 N–H and O–H groups in total. The van der Waals surface area contributed by atoms with Gasteiger partial charge in [0.2, 0.25) is 5.91 Å². The predicted molar refractivity (Wildman–Crippen MR) is 87.0 cm³/mol. The van der Waals surface area contributed by atoms with Crippen LogP contribution >= 0.6 is 15.9 Å². The number of rotatable bonds is 2. The normalized spacial score (nSPS) is 17.3. The molecule has 1 aliphatic rings. The van der Waals surface area contributed by atoms with E-state index in [0.29, 0.717) is 22.8 Å². The Morgan fingerprint density at radius 1 is 1.19 bits per heavy atom. The number of halogens is 1. The van der Waals surface area contributed by atoms with Gasteiger partial charge in [0, 0.05) is 6.07 Å². The molecular formula is C16H13BrN2O2. The minimum Gasteiger partial charge on any atom is -0.497 e. The number of nitrogens with zero attached hydrogens (tertiary/aromatic N) is 1. The Morgan fingerprint density at radius 3 is 2.67 bits per heavy atom. The van der Waals surface area contributed by atoms with Crippen molar-refractivity contribution >= 4 is 38.9 Å². The van der Waals surface area contributed by atoms with E-state index in [1.807, 2.05) is 42.5 Å². The maximum Gasteiger partial charge on any atom is 0.244 e. The number of hydrogen-bond donors (Lipinski definition) is 1. The molecule has 0 bridgehead atoms. The van der Waals surface area contributed by atoms with E-state index in [1.165, 1.54) is 0 Å². The zero-order valence-electron chi connectivity index (χ0n) is 11.3. The number of fused-ring (bicyclic) bond motifs is 1. The highest BCUT2D eigenvalue weighted by atomic mass is 79.9. The number of hydrogen-bond acceptors (Lipinski definition) is 3. The Hall–Kier alpha value is -2.14. The minimum atomic E-state index is -0.502. The quantitative estimate of drug-likeness (QED) is 0.847. The van der Waals surface area contributed by atoms with Crippen LogP contribution < -0.4 is 10.1 Å². The molecule has 0 aromatic heterocycles. The molecule has 0 fully saturated rings. The first-order valence-electron chi connectivity index (χ1n) is 6.46. The van der Waals surface area contributed by atoms with Crippen molar-refractivity contribution in [1.29, 1.82) is 0 Å². The minimum absolute atomic E-state index is 0.149. The number of methoxy groups -OCH3 is 1. The van der Waals surface area contributed by atoms with Gasteiger partial charge in [-0.2, -0.15) is 0 Å². The van der Waals surface area contributed by atoms with Crippen LogP contribution in [-0.4, -0.2) is 23.6 Å². The molecule has 1 unspecified atom stereocenters. The van der Waals surface area contributed by atoms with Crippen molar-refractivity contribution in [3.8, 4) is 5.75 Å². The van der Waals surface area contributed by atoms with Gasteiger partial charge in [-0.05, 0) is 17.7 Å². The van der Waals surface area contributed by atoms with Crippen LogP contribution in [0.1, 0.15) is 5.56 Å². The van der Waals surface area contributed by atoms with E-state index in [1.54, 1.807) is 13.2 Å². The van der Waals surface area contributed by atoms with Crippen LogP contribution in [0.3, 0.4) is 0 Å². The van der Waals surface area contributed by atoms with Crippen molar-refractivity contribution in [3.63, 3.8) is 0 Å². The average Bonchev–Trinajstić information content (AvgIpc) is 2.65. The Morgan fingerprint density at radius 2 is 1.95 bits per heavy atom. The van der Waals surface area contributed by atoms with Gasteiger partial charge in [0.1, 0.15) is 10.6 Å². The van der Waals surface area contributed by atoms with Gasteiger partial charge in [0.15, 0.2) is 0 Å². The van der Waals surface area contributed by atoms with Crippen LogP contribution in [0.5, 0.6) is 5.75 Å². The zero-order valence-corrected chi connectivity index (χ0v) is 12.9. The van der Waals surface area contributed by atoms with E-state index >= 15 is 0 Å². The van der Waals surface area contributed by atoms with Crippen molar-refractivity contribution < 1.29 is 9.53 Å². The van der Waals surface area contributed by atoms with Gasteiger partial charge >= 0.3 is 0 Å². The molecular weight excluding hydrogens is 332 g/mol. The lowest BCUT2D eigenvalue weighted by Crippen LogP contribution is -2.29. The average molecular weight is 345 g/mol. The van der Waals surface area contributed by atoms with E-state index in [-0.39, 0.29) is 5.91 Å². The summed E-state index contributed by atoms with van der Waals surface area (Å²) >= 11 is 3.43. The Bertz CT molecular complexity index is 713. The predicted octanol–water partition coefficient (Wildman–Crippen LogP) is 3.53. The molecule has 0 spiro atoms. The second-order valence-corrected chi connectivity index (χ2v) is 5.51. The first-order chi connectivity index (χ1) is 10.2. The summed E-state index contributed by atoms with van der Waals surface area (Å²) in [6, 6.07) is 15.1. The lowest BCUT2D eigenvalue weighted by Gasteiger charge is -2.09. The number of ether oxygens (including phenoxy) is 1. The van der Waals surface area contributed by atoms with Crippen LogP contribution in [0.2, 0.25) is 0 Å². The van der Waals surface area contributed by atoms with Gasteiger partial charge in [0.05, 0.1) is 24.2 Å². The number of anilines is 1. The first-order valence-corrected chi connectivity index (χ1v) is 7.37. The fraction of sp³-hybridized carbons (Fsp3) is 0.125. The number of carbonyl (C=O) groups excluding carboxylic acids is 1. The molecule has 2 aromatic rings. The Balaban J connectivity index is 2.13. The van der Waals surface area contributed by atoms with Crippen molar-refractivity contribution in [1.82, 2.24) is 0 Å². The summed E-state index contributed by atoms with van der Waals surface area (Å²) in [6.45, 7) is 0. The lowest BCUT2D eigenvalue weighted by atomic mass is 10.1. The molecule has 0 saturated carbocycles. The zero-order chi connectivity index (χ0) is 14.8. The summed E-state index contributed by atoms with van der Waals surface area (Å²) in [5.74, 6) is 0.531. The van der Waals surface area contributed by atoms with E-state index in [4.69, 9.17) is 4.74 Å². The highest BCUT2D eigenvalue weighted by Crippen LogP contribution is 2.33. The molecule has 0 saturated heterocycles. The maximum atomic E-state index is 12.3. The molecule has 106 valence electrons. The fourth-order valence-electron chi connectivity index (χ4n) is 2.17. The third kappa shape index (κ3) is 2.69. The van der Waals surface area contributed by atoms with Gasteiger partial charge in [-0.15, -0.1) is 0 Å². The summed E-state index contributed by atoms with van der Waals surface area (Å²) in [5.41, 5.74) is 2.97. The number of alkyl halides is 1. The van der Waals surface area contributed by atoms with Crippen molar-refractivity contribution in [2.75, 3.05) is 12.4 Å². The topological polar surface area (TPSA) is 50.7 Å². The van der Waals surface area contributed by atoms with Gasteiger partial charge in [-0.1, -0.05) is 46.3 Å². The third-order valence-electron chi connectivity index (χ3n) is 3.24. The van der Waals surface area contributed by atoms with Gasteiger partial charge < -0.3 is 10.1 Å². The highest BCUT2D eigenvalue weighted by Gasteiger charge is 2.26. The molecule has 4 nitrogen and oxygen atoms in total. The summed E-state index contributed by atoms with van der Waals surface area (Å²) in [6.07, 6.45) is 0. The fourth-order valence-corrected chi connectivity index (χ4v) is 2.65. The van der Waals surface area contributed by atoms with Crippen LogP contribution in [0, 0.1) is 0 Å². The van der Waals surface area contributed by atoms with Crippen LogP contribution in [0.4, 0.5) is 11.4 Å². The van der Waals surface area contributed by atoms with Crippen molar-refractivity contribution in [3.05, 3.63) is 54.1 Å². The first kappa shape index (κ1) is 13.8. The standard InChI is InChI=1S/C16H13BrN2O2/c1-21-11-7-8-12-13(9-11)19-16(20)14(17)15(18-12)10-5-3-2-4-6-10/h2-9,14H,1H3,(H,19,20). The number of amides is 1. The van der Waals surface area contributed by atoms with Crippen molar-refractivity contribution in [2.24, 2.45) is 4.99 Å². The maximum absolute atomic E-state index is 12.3. The Labute approximate surface area is 131 Å². The number of carbonyl (C=O) groups is 1. The van der Waals surface area contributed by atoms with Crippen LogP contribution in [0.15, 0.2) is 53.5 Å². The SMILES string of the molecule is COc1ccc2c(c1)NC(=O)C(Br)C(c1ccccc1)=N2. The molecule has 0 aliphatic carbocycles. The molecule has 1 atom stereocenters. The third-order valence-corrected chi connectivity index (χ3v) is 4.09. The molecule has 1 aliphatic heterocycles. The molecule has 1 heterocycles. The second kappa shape index (κ2) is 5.69. The van der Waals surface area contributed by atoms with E-state index < -0.39 is 4.83 Å². The molecule has 0 radical (unpaired) electrons. The number of benzene rings is 2. The van der Waals surface area contributed by atoms with Crippen LogP contribution in [-0.2, 0) is 4.79 Å². The Kier molecular flexibility index (Phi) is 3.75.